The van der Waals surface area contributed by atoms with E-state index >= 15 is 0 Å². The maximum absolute atomic E-state index is 12.6. The van der Waals surface area contributed by atoms with E-state index in [4.69, 9.17) is 4.74 Å². The van der Waals surface area contributed by atoms with Crippen LogP contribution in [0.2, 0.25) is 0 Å². The molecule has 1 aromatic heterocycles. The first-order valence-corrected chi connectivity index (χ1v) is 8.39. The first-order chi connectivity index (χ1) is 10.4. The van der Waals surface area contributed by atoms with Crippen molar-refractivity contribution in [2.75, 3.05) is 6.61 Å². The van der Waals surface area contributed by atoms with Crippen molar-refractivity contribution in [1.29, 1.82) is 0 Å². The highest BCUT2D eigenvalue weighted by Gasteiger charge is 2.29. The van der Waals surface area contributed by atoms with Gasteiger partial charge in [-0.2, -0.15) is 0 Å². The molecule has 0 radical (unpaired) electrons. The van der Waals surface area contributed by atoms with E-state index in [2.05, 4.69) is 11.9 Å². The Morgan fingerprint density at radius 1 is 1.36 bits per heavy atom. The fourth-order valence-corrected chi connectivity index (χ4v) is 3.66. The third-order valence-electron chi connectivity index (χ3n) is 3.62. The summed E-state index contributed by atoms with van der Waals surface area (Å²) in [4.78, 5) is 30.2. The summed E-state index contributed by atoms with van der Waals surface area (Å²) in [5.74, 6) is -0.371. The number of nitrogens with zero attached hydrogens (tertiary/aromatic N) is 2. The highest BCUT2D eigenvalue weighted by molar-refractivity contribution is 7.07. The Morgan fingerprint density at radius 2 is 2.05 bits per heavy atom. The monoisotopic (exact) mass is 322 g/mol. The summed E-state index contributed by atoms with van der Waals surface area (Å²) < 4.78 is 7.40. The predicted molar refractivity (Wildman–Crippen MR) is 88.3 cm³/mol. The lowest BCUT2D eigenvalue weighted by Crippen LogP contribution is -2.37. The molecule has 6 heteroatoms. The molecule has 1 aliphatic heterocycles. The van der Waals surface area contributed by atoms with Gasteiger partial charge in [-0.3, -0.25) is 9.36 Å². The second-order valence-corrected chi connectivity index (χ2v) is 6.48. The van der Waals surface area contributed by atoms with Gasteiger partial charge >= 0.3 is 5.97 Å². The Labute approximate surface area is 133 Å². The summed E-state index contributed by atoms with van der Waals surface area (Å²) in [6, 6.07) is -0.230. The number of esters is 1. The predicted octanol–water partition coefficient (Wildman–Crippen LogP) is 1.70. The molecule has 0 saturated heterocycles. The Morgan fingerprint density at radius 3 is 2.59 bits per heavy atom. The molecule has 0 fully saturated rings. The second kappa shape index (κ2) is 6.60. The van der Waals surface area contributed by atoms with Crippen LogP contribution in [0.4, 0.5) is 0 Å². The number of fused-ring (bicyclic) bond motifs is 1. The maximum Gasteiger partial charge on any atom is 0.337 e. The van der Waals surface area contributed by atoms with Crippen LogP contribution in [-0.2, 0) is 9.53 Å². The largest absolute Gasteiger partial charge is 0.463 e. The van der Waals surface area contributed by atoms with Crippen molar-refractivity contribution in [3.05, 3.63) is 25.3 Å². The highest BCUT2D eigenvalue weighted by atomic mass is 32.1. The number of aromatic nitrogens is 1. The summed E-state index contributed by atoms with van der Waals surface area (Å²) in [7, 11) is 0. The van der Waals surface area contributed by atoms with E-state index in [1.165, 1.54) is 11.3 Å². The van der Waals surface area contributed by atoms with Crippen molar-refractivity contribution < 1.29 is 9.53 Å². The SMILES string of the molecule is CCC[C@H]1N=c2sc(=C(C)C)c(=O)n2C(C)=C1C(=O)OCC. The topological polar surface area (TPSA) is 60.7 Å². The van der Waals surface area contributed by atoms with Gasteiger partial charge in [0.25, 0.3) is 5.56 Å². The summed E-state index contributed by atoms with van der Waals surface area (Å²) >= 11 is 1.39. The molecular formula is C16H22N2O3S. The summed E-state index contributed by atoms with van der Waals surface area (Å²) in [6.07, 6.45) is 1.67. The standard InChI is InChI=1S/C16H22N2O3S/c1-6-8-11-12(15(20)21-7-2)10(5)18-14(19)13(9(3)4)22-16(18)17-11/h11H,6-8H2,1-5H3/t11-/m1/s1. The van der Waals surface area contributed by atoms with Crippen molar-refractivity contribution in [3.63, 3.8) is 0 Å². The molecule has 0 N–H and O–H groups in total. The molecule has 2 heterocycles. The minimum Gasteiger partial charge on any atom is -0.463 e. The molecule has 0 aliphatic carbocycles. The van der Waals surface area contributed by atoms with Gasteiger partial charge in [0.1, 0.15) is 0 Å². The molecule has 0 unspecified atom stereocenters. The van der Waals surface area contributed by atoms with Crippen LogP contribution in [0, 0.1) is 0 Å². The van der Waals surface area contributed by atoms with Crippen molar-refractivity contribution in [2.45, 2.75) is 53.5 Å². The van der Waals surface area contributed by atoms with E-state index in [1.807, 2.05) is 13.8 Å². The number of thiazole rings is 1. The van der Waals surface area contributed by atoms with Crippen molar-refractivity contribution in [2.24, 2.45) is 4.99 Å². The molecule has 0 amide bonds. The van der Waals surface area contributed by atoms with Gasteiger partial charge in [0.15, 0.2) is 4.80 Å². The fourth-order valence-electron chi connectivity index (χ4n) is 2.60. The molecule has 1 aliphatic rings. The number of carbonyl (C=O) groups excluding carboxylic acids is 1. The normalized spacial score (nSPS) is 17.0. The molecule has 5 nitrogen and oxygen atoms in total. The van der Waals surface area contributed by atoms with E-state index in [1.54, 1.807) is 18.4 Å². The molecule has 1 aromatic rings. The van der Waals surface area contributed by atoms with E-state index in [0.717, 1.165) is 18.4 Å². The van der Waals surface area contributed by atoms with Crippen LogP contribution in [0.15, 0.2) is 15.4 Å². The zero-order valence-corrected chi connectivity index (χ0v) is 14.5. The maximum atomic E-state index is 12.6. The lowest BCUT2D eigenvalue weighted by Gasteiger charge is -2.21. The van der Waals surface area contributed by atoms with Gasteiger partial charge < -0.3 is 4.74 Å². The molecule has 0 spiro atoms. The van der Waals surface area contributed by atoms with Gasteiger partial charge in [0.2, 0.25) is 0 Å². The molecule has 0 saturated carbocycles. The molecular weight excluding hydrogens is 300 g/mol. The Kier molecular flexibility index (Phi) is 5.01. The average Bonchev–Trinajstić information content (AvgIpc) is 2.77. The van der Waals surface area contributed by atoms with Gasteiger partial charge in [-0.1, -0.05) is 30.3 Å². The Bertz CT molecular complexity index is 794. The lowest BCUT2D eigenvalue weighted by atomic mass is 10.00. The summed E-state index contributed by atoms with van der Waals surface area (Å²) in [5.41, 5.74) is 2.02. The first-order valence-electron chi connectivity index (χ1n) is 7.57. The van der Waals surface area contributed by atoms with E-state index in [9.17, 15) is 9.59 Å². The smallest absolute Gasteiger partial charge is 0.337 e. The van der Waals surface area contributed by atoms with Gasteiger partial charge in [0.05, 0.1) is 22.8 Å². The number of hydrogen-bond donors (Lipinski definition) is 0. The van der Waals surface area contributed by atoms with Crippen LogP contribution in [0.3, 0.4) is 0 Å². The van der Waals surface area contributed by atoms with Gasteiger partial charge in [-0.05, 0) is 34.1 Å². The quantitative estimate of drug-likeness (QED) is 0.793. The van der Waals surface area contributed by atoms with Crippen molar-refractivity contribution in [1.82, 2.24) is 4.57 Å². The third-order valence-corrected chi connectivity index (χ3v) is 4.88. The number of rotatable bonds is 4. The zero-order valence-electron chi connectivity index (χ0n) is 13.7. The van der Waals surface area contributed by atoms with Crippen LogP contribution in [-0.4, -0.2) is 23.2 Å². The van der Waals surface area contributed by atoms with Crippen molar-refractivity contribution >= 4 is 28.6 Å². The van der Waals surface area contributed by atoms with E-state index in [-0.39, 0.29) is 17.6 Å². The number of allylic oxidation sites excluding steroid dienone is 1. The minimum absolute atomic E-state index is 0.0991. The van der Waals surface area contributed by atoms with Gasteiger partial charge in [-0.25, -0.2) is 9.79 Å². The number of ether oxygens (including phenoxy) is 1. The van der Waals surface area contributed by atoms with Crippen LogP contribution in [0.1, 0.15) is 47.5 Å². The van der Waals surface area contributed by atoms with Crippen LogP contribution in [0.5, 0.6) is 0 Å². The molecule has 0 aromatic carbocycles. The second-order valence-electron chi connectivity index (χ2n) is 5.51. The molecule has 1 atom stereocenters. The first kappa shape index (κ1) is 16.7. The zero-order chi connectivity index (χ0) is 16.4. The third kappa shape index (κ3) is 2.79. The minimum atomic E-state index is -0.371. The van der Waals surface area contributed by atoms with Gasteiger partial charge in [0, 0.05) is 5.70 Å². The average molecular weight is 322 g/mol. The molecule has 22 heavy (non-hydrogen) atoms. The fraction of sp³-hybridized carbons (Fsp3) is 0.562. The summed E-state index contributed by atoms with van der Waals surface area (Å²) in [5, 5.41) is 0. The molecule has 120 valence electrons. The van der Waals surface area contributed by atoms with E-state index in [0.29, 0.717) is 27.2 Å². The van der Waals surface area contributed by atoms with Crippen LogP contribution in [0.25, 0.3) is 11.3 Å². The Hall–Kier alpha value is -1.69. The van der Waals surface area contributed by atoms with Crippen molar-refractivity contribution in [3.8, 4) is 0 Å². The van der Waals surface area contributed by atoms with Crippen LogP contribution >= 0.6 is 11.3 Å². The number of carbonyl (C=O) groups is 1. The number of hydrogen-bond acceptors (Lipinski definition) is 5. The summed E-state index contributed by atoms with van der Waals surface area (Å²) in [6.45, 7) is 9.77. The highest BCUT2D eigenvalue weighted by Crippen LogP contribution is 2.22. The Balaban J connectivity index is 2.75. The van der Waals surface area contributed by atoms with Gasteiger partial charge in [-0.15, -0.1) is 0 Å². The van der Waals surface area contributed by atoms with Crippen LogP contribution < -0.4 is 14.9 Å². The van der Waals surface area contributed by atoms with E-state index < -0.39 is 0 Å². The molecule has 2 rings (SSSR count). The molecule has 0 bridgehead atoms. The lowest BCUT2D eigenvalue weighted by molar-refractivity contribution is -0.138.